The summed E-state index contributed by atoms with van der Waals surface area (Å²) in [5, 5.41) is 4.95. The monoisotopic (exact) mass is 396 g/mol. The third-order valence-corrected chi connectivity index (χ3v) is 4.54. The maximum atomic E-state index is 13.0. The molecule has 150 valence electrons. The van der Waals surface area contributed by atoms with E-state index >= 15 is 0 Å². The quantitative estimate of drug-likeness (QED) is 0.329. The molecular weight excluding hydrogens is 375 g/mol. The Kier molecular flexibility index (Phi) is 6.49. The lowest BCUT2D eigenvalue weighted by atomic mass is 10.1. The third kappa shape index (κ3) is 4.74. The molecule has 0 aliphatic carbocycles. The first kappa shape index (κ1) is 20.4. The van der Waals surface area contributed by atoms with Crippen molar-refractivity contribution < 1.29 is 18.7 Å². The van der Waals surface area contributed by atoms with Crippen molar-refractivity contribution in [3.05, 3.63) is 76.0 Å². The molecule has 3 rings (SSSR count). The molecule has 0 N–H and O–H groups in total. The molecule has 1 heterocycles. The molecule has 3 aromatic rings. The molecule has 0 spiro atoms. The van der Waals surface area contributed by atoms with Crippen LogP contribution in [0.15, 0.2) is 53.3 Å². The fourth-order valence-corrected chi connectivity index (χ4v) is 2.97. The molecule has 0 aliphatic rings. The van der Waals surface area contributed by atoms with Crippen LogP contribution in [-0.4, -0.2) is 28.1 Å². The minimum Gasteiger partial charge on any atom is -0.452 e. The Hall–Kier alpha value is -3.35. The summed E-state index contributed by atoms with van der Waals surface area (Å²) in [5.41, 5.74) is -0.0409. The molecule has 0 saturated heterocycles. The van der Waals surface area contributed by atoms with Crippen molar-refractivity contribution in [1.29, 1.82) is 0 Å². The van der Waals surface area contributed by atoms with Crippen LogP contribution >= 0.6 is 0 Å². The number of hydrogen-bond acceptors (Lipinski definition) is 5. The highest BCUT2D eigenvalue weighted by Gasteiger charge is 2.19. The summed E-state index contributed by atoms with van der Waals surface area (Å²) in [6.45, 7) is 1.94. The average Bonchev–Trinajstić information content (AvgIpc) is 2.74. The van der Waals surface area contributed by atoms with Crippen LogP contribution < -0.4 is 5.56 Å². The summed E-state index contributed by atoms with van der Waals surface area (Å²) in [6, 6.07) is 11.7. The Bertz CT molecular complexity index is 1090. The van der Waals surface area contributed by atoms with E-state index in [2.05, 4.69) is 12.0 Å². The molecule has 0 unspecified atom stereocenters. The highest BCUT2D eigenvalue weighted by molar-refractivity contribution is 6.04. The SMILES string of the molecule is CCCCCn1nc(C(=O)OCC(=O)c2ccc(F)cc2)c2ccccc2c1=O. The lowest BCUT2D eigenvalue weighted by molar-refractivity contribution is 0.0468. The number of aromatic nitrogens is 2. The number of benzene rings is 2. The van der Waals surface area contributed by atoms with Gasteiger partial charge in [0.2, 0.25) is 0 Å². The topological polar surface area (TPSA) is 78.3 Å². The number of hydrogen-bond donors (Lipinski definition) is 0. The summed E-state index contributed by atoms with van der Waals surface area (Å²) < 4.78 is 19.4. The number of aryl methyl sites for hydroxylation is 1. The summed E-state index contributed by atoms with van der Waals surface area (Å²) >= 11 is 0. The molecule has 0 saturated carbocycles. The predicted molar refractivity (Wildman–Crippen MR) is 107 cm³/mol. The fourth-order valence-electron chi connectivity index (χ4n) is 2.97. The van der Waals surface area contributed by atoms with Crippen LogP contribution in [-0.2, 0) is 11.3 Å². The summed E-state index contributed by atoms with van der Waals surface area (Å²) in [6.07, 6.45) is 2.69. The van der Waals surface area contributed by atoms with Gasteiger partial charge in [0, 0.05) is 17.5 Å². The zero-order valence-corrected chi connectivity index (χ0v) is 16.1. The maximum Gasteiger partial charge on any atom is 0.359 e. The number of rotatable bonds is 8. The fraction of sp³-hybridized carbons (Fsp3) is 0.273. The average molecular weight is 396 g/mol. The third-order valence-electron chi connectivity index (χ3n) is 4.54. The second kappa shape index (κ2) is 9.23. The molecule has 0 radical (unpaired) electrons. The van der Waals surface area contributed by atoms with Crippen LogP contribution in [0.1, 0.15) is 47.0 Å². The van der Waals surface area contributed by atoms with E-state index in [1.165, 1.54) is 16.8 Å². The van der Waals surface area contributed by atoms with Crippen molar-refractivity contribution in [2.24, 2.45) is 0 Å². The number of nitrogens with zero attached hydrogens (tertiary/aromatic N) is 2. The number of carbonyl (C=O) groups excluding carboxylic acids is 2. The number of halogens is 1. The van der Waals surface area contributed by atoms with E-state index in [0.29, 0.717) is 17.3 Å². The van der Waals surface area contributed by atoms with Crippen molar-refractivity contribution >= 4 is 22.5 Å². The Morgan fingerprint density at radius 1 is 1.03 bits per heavy atom. The number of unbranched alkanes of at least 4 members (excludes halogenated alkanes) is 2. The van der Waals surface area contributed by atoms with E-state index in [1.54, 1.807) is 24.3 Å². The minimum atomic E-state index is -0.791. The lowest BCUT2D eigenvalue weighted by Gasteiger charge is -2.10. The van der Waals surface area contributed by atoms with Gasteiger partial charge in [-0.3, -0.25) is 9.59 Å². The van der Waals surface area contributed by atoms with E-state index in [4.69, 9.17) is 4.74 Å². The predicted octanol–water partition coefficient (Wildman–Crippen LogP) is 3.77. The van der Waals surface area contributed by atoms with Crippen LogP contribution in [0.2, 0.25) is 0 Å². The standard InChI is InChI=1S/C22H21FN2O4/c1-2-3-6-13-25-21(27)18-8-5-4-7-17(18)20(24-25)22(28)29-14-19(26)15-9-11-16(23)12-10-15/h4-5,7-12H,2-3,6,13-14H2,1H3. The number of esters is 1. The molecule has 0 aliphatic heterocycles. The highest BCUT2D eigenvalue weighted by Crippen LogP contribution is 2.15. The molecule has 6 nitrogen and oxygen atoms in total. The molecule has 2 aromatic carbocycles. The van der Waals surface area contributed by atoms with Crippen LogP contribution in [0.4, 0.5) is 4.39 Å². The van der Waals surface area contributed by atoms with Gasteiger partial charge in [-0.2, -0.15) is 5.10 Å². The van der Waals surface area contributed by atoms with Gasteiger partial charge in [0.05, 0.1) is 5.39 Å². The number of ether oxygens (including phenoxy) is 1. The normalized spacial score (nSPS) is 10.8. The zero-order chi connectivity index (χ0) is 20.8. The van der Waals surface area contributed by atoms with Gasteiger partial charge in [-0.05, 0) is 36.8 Å². The largest absolute Gasteiger partial charge is 0.452 e. The van der Waals surface area contributed by atoms with Gasteiger partial charge in [-0.25, -0.2) is 13.9 Å². The van der Waals surface area contributed by atoms with Gasteiger partial charge in [0.15, 0.2) is 18.1 Å². The smallest absolute Gasteiger partial charge is 0.359 e. The maximum absolute atomic E-state index is 13.0. The van der Waals surface area contributed by atoms with E-state index in [1.807, 2.05) is 0 Å². The molecule has 0 bridgehead atoms. The Morgan fingerprint density at radius 3 is 2.41 bits per heavy atom. The number of Topliss-reactive ketones (excluding diaryl/α,β-unsaturated/α-hetero) is 1. The van der Waals surface area contributed by atoms with Gasteiger partial charge in [-0.15, -0.1) is 0 Å². The number of ketones is 1. The molecule has 1 aromatic heterocycles. The Balaban J connectivity index is 1.84. The molecular formula is C22H21FN2O4. The molecule has 0 amide bonds. The van der Waals surface area contributed by atoms with E-state index < -0.39 is 24.2 Å². The lowest BCUT2D eigenvalue weighted by Crippen LogP contribution is -2.27. The first-order chi connectivity index (χ1) is 14.0. The Labute approximate surface area is 166 Å². The van der Waals surface area contributed by atoms with Gasteiger partial charge < -0.3 is 4.74 Å². The number of fused-ring (bicyclic) bond motifs is 1. The summed E-state index contributed by atoms with van der Waals surface area (Å²) in [7, 11) is 0. The minimum absolute atomic E-state index is 0.0106. The van der Waals surface area contributed by atoms with Crippen LogP contribution in [0.3, 0.4) is 0 Å². The molecule has 29 heavy (non-hydrogen) atoms. The highest BCUT2D eigenvalue weighted by atomic mass is 19.1. The zero-order valence-electron chi connectivity index (χ0n) is 16.1. The van der Waals surface area contributed by atoms with E-state index in [9.17, 15) is 18.8 Å². The van der Waals surface area contributed by atoms with Crippen LogP contribution in [0.5, 0.6) is 0 Å². The first-order valence-electron chi connectivity index (χ1n) is 9.47. The molecule has 0 fully saturated rings. The van der Waals surface area contributed by atoms with Gasteiger partial charge >= 0.3 is 5.97 Å². The van der Waals surface area contributed by atoms with Gasteiger partial charge in [0.1, 0.15) is 5.82 Å². The molecule has 7 heteroatoms. The summed E-state index contributed by atoms with van der Waals surface area (Å²) in [4.78, 5) is 37.4. The second-order valence-electron chi connectivity index (χ2n) is 6.64. The van der Waals surface area contributed by atoms with Crippen LogP contribution in [0, 0.1) is 5.82 Å². The van der Waals surface area contributed by atoms with E-state index in [0.717, 1.165) is 31.4 Å². The van der Waals surface area contributed by atoms with Crippen molar-refractivity contribution in [1.82, 2.24) is 9.78 Å². The first-order valence-corrected chi connectivity index (χ1v) is 9.47. The van der Waals surface area contributed by atoms with Gasteiger partial charge in [0.25, 0.3) is 5.56 Å². The summed E-state index contributed by atoms with van der Waals surface area (Å²) in [5.74, 6) is -1.71. The van der Waals surface area contributed by atoms with Crippen molar-refractivity contribution in [3.8, 4) is 0 Å². The van der Waals surface area contributed by atoms with Crippen LogP contribution in [0.25, 0.3) is 10.8 Å². The van der Waals surface area contributed by atoms with Crippen molar-refractivity contribution in [2.75, 3.05) is 6.61 Å². The number of carbonyl (C=O) groups is 2. The second-order valence-corrected chi connectivity index (χ2v) is 6.64. The van der Waals surface area contributed by atoms with Crippen molar-refractivity contribution in [2.45, 2.75) is 32.7 Å². The van der Waals surface area contributed by atoms with E-state index in [-0.39, 0.29) is 16.8 Å². The Morgan fingerprint density at radius 2 is 1.72 bits per heavy atom. The van der Waals surface area contributed by atoms with Crippen molar-refractivity contribution in [3.63, 3.8) is 0 Å². The molecule has 0 atom stereocenters. The van der Waals surface area contributed by atoms with Gasteiger partial charge in [-0.1, -0.05) is 38.0 Å².